The number of carboxylic acids is 1. The van der Waals surface area contributed by atoms with Crippen LogP contribution in [0.4, 0.5) is 26.0 Å². The molecule has 0 saturated carbocycles. The third kappa shape index (κ3) is 8.63. The van der Waals surface area contributed by atoms with Crippen molar-refractivity contribution in [3.8, 4) is 0 Å². The van der Waals surface area contributed by atoms with E-state index in [-0.39, 0.29) is 43.3 Å². The van der Waals surface area contributed by atoms with E-state index >= 15 is 0 Å². The summed E-state index contributed by atoms with van der Waals surface area (Å²) >= 11 is 0. The van der Waals surface area contributed by atoms with Crippen molar-refractivity contribution in [2.75, 3.05) is 30.4 Å². The van der Waals surface area contributed by atoms with E-state index < -0.39 is 17.6 Å². The topological polar surface area (TPSA) is 197 Å². The number of nitrogens with two attached hydrogens (primary N) is 3. The molecule has 5 rings (SSSR count). The maximum Gasteiger partial charge on any atom is 0.335 e. The van der Waals surface area contributed by atoms with Gasteiger partial charge in [0.05, 0.1) is 22.5 Å². The van der Waals surface area contributed by atoms with Crippen molar-refractivity contribution in [2.24, 2.45) is 0 Å². The minimum Gasteiger partial charge on any atom is -0.478 e. The van der Waals surface area contributed by atoms with Crippen LogP contribution in [0.5, 0.6) is 0 Å². The zero-order valence-electron chi connectivity index (χ0n) is 23.9. The molecular formula is C32H40F2N8O4. The van der Waals surface area contributed by atoms with E-state index in [1.165, 1.54) is 24.3 Å². The molecule has 0 aliphatic heterocycles. The van der Waals surface area contributed by atoms with Crippen LogP contribution < -0.4 is 22.5 Å². The molecule has 0 unspecified atom stereocenters. The highest BCUT2D eigenvalue weighted by Crippen LogP contribution is 2.28. The number of hydrogen-bond donors (Lipinski definition) is 5. The maximum absolute atomic E-state index is 13.6. The molecule has 12 nitrogen and oxygen atoms in total. The normalized spacial score (nSPS) is 10.4. The number of benzene rings is 2. The number of aromatic carboxylic acids is 1. The van der Waals surface area contributed by atoms with E-state index in [9.17, 15) is 18.4 Å². The van der Waals surface area contributed by atoms with Gasteiger partial charge in [-0.15, -0.1) is 0 Å². The number of fused-ring (bicyclic) bond motifs is 3. The second-order valence-electron chi connectivity index (χ2n) is 9.62. The first-order valence-corrected chi connectivity index (χ1v) is 13.7. The van der Waals surface area contributed by atoms with E-state index in [0.717, 1.165) is 35.4 Å². The number of anilines is 3. The van der Waals surface area contributed by atoms with Gasteiger partial charge in [-0.05, 0) is 68.3 Å². The second-order valence-corrected chi connectivity index (χ2v) is 9.62. The minimum atomic E-state index is -1.16. The number of rotatable bonds is 10. The number of unbranched alkanes of at least 4 members (excludes halogenated alkanes) is 1. The lowest BCUT2D eigenvalue weighted by molar-refractivity contribution is 0.0696. The smallest absolute Gasteiger partial charge is 0.335 e. The van der Waals surface area contributed by atoms with Crippen LogP contribution in [0.15, 0.2) is 54.7 Å². The van der Waals surface area contributed by atoms with Gasteiger partial charge in [-0.3, -0.25) is 9.78 Å². The minimum absolute atomic E-state index is 0. The predicted octanol–water partition coefficient (Wildman–Crippen LogP) is 5.41. The Morgan fingerprint density at radius 2 is 1.59 bits per heavy atom. The molecule has 46 heavy (non-hydrogen) atoms. The summed E-state index contributed by atoms with van der Waals surface area (Å²) < 4.78 is 33.8. The van der Waals surface area contributed by atoms with E-state index in [2.05, 4.69) is 24.8 Å². The third-order valence-corrected chi connectivity index (χ3v) is 6.58. The number of aromatic nitrogens is 4. The molecule has 3 heterocycles. The lowest BCUT2D eigenvalue weighted by atomic mass is 10.2. The molecule has 0 fully saturated rings. The van der Waals surface area contributed by atoms with Crippen molar-refractivity contribution in [1.29, 1.82) is 0 Å². The van der Waals surface area contributed by atoms with Gasteiger partial charge in [0.2, 0.25) is 0 Å². The standard InChI is InChI=1S/C23H26FN7O2.C7H6FNO2.2CH4/c1-2-33-13-18-30-20-21(19-17(29-22(20)26)6-5-10-27-19)31(18)11-4-3-9-28-23(32)14-7-8-16(25)15(24)12-14;8-5-3-4(7(10)11)1-2-6(5)9;;/h5-8,10,12H,2-4,9,11,13,25H2,1H3,(H2,26,29)(H,28,32);1-3H,9H2,(H,10,11);2*1H4. The average Bonchev–Trinajstić information content (AvgIpc) is 3.38. The first-order chi connectivity index (χ1) is 21.1. The fourth-order valence-corrected chi connectivity index (χ4v) is 4.34. The molecule has 1 amide bonds. The predicted molar refractivity (Wildman–Crippen MR) is 176 cm³/mol. The first kappa shape index (κ1) is 36.8. The van der Waals surface area contributed by atoms with Crippen LogP contribution in [-0.2, 0) is 17.9 Å². The Morgan fingerprint density at radius 3 is 2.22 bits per heavy atom. The van der Waals surface area contributed by atoms with E-state index in [4.69, 9.17) is 27.0 Å². The molecule has 0 aliphatic carbocycles. The van der Waals surface area contributed by atoms with Gasteiger partial charge < -0.3 is 36.9 Å². The Morgan fingerprint density at radius 1 is 0.935 bits per heavy atom. The summed E-state index contributed by atoms with van der Waals surface area (Å²) in [5.74, 6) is -1.71. The number of nitrogens with zero attached hydrogens (tertiary/aromatic N) is 4. The molecule has 0 saturated heterocycles. The van der Waals surface area contributed by atoms with Crippen LogP contribution in [-0.4, -0.2) is 49.7 Å². The van der Waals surface area contributed by atoms with Gasteiger partial charge in [0.1, 0.15) is 40.6 Å². The number of carboxylic acid groups (broad SMARTS) is 1. The number of nitrogens with one attached hydrogen (secondary N) is 1. The number of ether oxygens (including phenoxy) is 1. The zero-order valence-corrected chi connectivity index (χ0v) is 23.9. The largest absolute Gasteiger partial charge is 0.478 e. The summed E-state index contributed by atoms with van der Waals surface area (Å²) in [7, 11) is 0. The number of imidazole rings is 1. The van der Waals surface area contributed by atoms with Gasteiger partial charge in [0, 0.05) is 31.5 Å². The van der Waals surface area contributed by atoms with Crippen molar-refractivity contribution in [3.05, 3.63) is 83.3 Å². The summed E-state index contributed by atoms with van der Waals surface area (Å²) in [6.07, 6.45) is 3.19. The van der Waals surface area contributed by atoms with Crippen molar-refractivity contribution in [2.45, 2.75) is 47.8 Å². The quantitative estimate of drug-likeness (QED) is 0.0974. The van der Waals surface area contributed by atoms with Crippen LogP contribution in [0.3, 0.4) is 0 Å². The SMILES string of the molecule is C.C.CCOCc1nc2c(N)nc3cccnc3c2n1CCCCNC(=O)c1ccc(N)c(F)c1.Nc1ccc(C(=O)O)cc1F. The molecular weight excluding hydrogens is 598 g/mol. The number of carbonyl (C=O) groups is 2. The third-order valence-electron chi connectivity index (χ3n) is 6.58. The Bertz CT molecular complexity index is 1810. The number of nitrogen functional groups attached to an aromatic ring is 3. The number of aryl methyl sites for hydroxylation is 1. The molecule has 8 N–H and O–H groups in total. The zero-order chi connectivity index (χ0) is 31.8. The molecule has 14 heteroatoms. The van der Waals surface area contributed by atoms with Gasteiger partial charge in [0.25, 0.3) is 5.91 Å². The molecule has 0 atom stereocenters. The second kappa shape index (κ2) is 16.6. The van der Waals surface area contributed by atoms with Gasteiger partial charge in [-0.25, -0.2) is 23.5 Å². The Kier molecular flexibility index (Phi) is 13.3. The molecule has 5 aromatic rings. The highest BCUT2D eigenvalue weighted by Gasteiger charge is 2.18. The molecule has 246 valence electrons. The number of carbonyl (C=O) groups excluding carboxylic acids is 1. The molecule has 0 radical (unpaired) electrons. The highest BCUT2D eigenvalue weighted by molar-refractivity contribution is 6.04. The average molecular weight is 639 g/mol. The van der Waals surface area contributed by atoms with E-state index in [1.54, 1.807) is 6.20 Å². The van der Waals surface area contributed by atoms with Crippen molar-refractivity contribution in [1.82, 2.24) is 24.8 Å². The number of halogens is 2. The lowest BCUT2D eigenvalue weighted by Gasteiger charge is -2.11. The van der Waals surface area contributed by atoms with Crippen LogP contribution in [0.2, 0.25) is 0 Å². The van der Waals surface area contributed by atoms with E-state index in [0.29, 0.717) is 49.6 Å². The van der Waals surface area contributed by atoms with Crippen LogP contribution in [0.25, 0.3) is 22.1 Å². The fourth-order valence-electron chi connectivity index (χ4n) is 4.34. The molecule has 3 aromatic heterocycles. The Hall–Kier alpha value is -5.37. The van der Waals surface area contributed by atoms with Crippen molar-refractivity contribution >= 4 is 51.1 Å². The van der Waals surface area contributed by atoms with Crippen LogP contribution in [0.1, 0.15) is 61.2 Å². The summed E-state index contributed by atoms with van der Waals surface area (Å²) in [6, 6.07) is 11.1. The van der Waals surface area contributed by atoms with E-state index in [1.807, 2.05) is 19.1 Å². The van der Waals surface area contributed by atoms with Gasteiger partial charge in [-0.2, -0.15) is 0 Å². The maximum atomic E-state index is 13.6. The summed E-state index contributed by atoms with van der Waals surface area (Å²) in [6.45, 7) is 3.92. The van der Waals surface area contributed by atoms with Gasteiger partial charge in [0.15, 0.2) is 5.82 Å². The lowest BCUT2D eigenvalue weighted by Crippen LogP contribution is -2.24. The summed E-state index contributed by atoms with van der Waals surface area (Å²) in [4.78, 5) is 36.1. The molecule has 0 spiro atoms. The Labute approximate surface area is 265 Å². The summed E-state index contributed by atoms with van der Waals surface area (Å²) in [5.41, 5.74) is 19.7. The number of pyridine rings is 2. The van der Waals surface area contributed by atoms with Crippen molar-refractivity contribution < 1.29 is 28.2 Å². The number of amides is 1. The van der Waals surface area contributed by atoms with Crippen LogP contribution in [0, 0.1) is 11.6 Å². The van der Waals surface area contributed by atoms with Crippen LogP contribution >= 0.6 is 0 Å². The highest BCUT2D eigenvalue weighted by atomic mass is 19.1. The first-order valence-electron chi connectivity index (χ1n) is 13.7. The number of hydrogen-bond acceptors (Lipinski definition) is 9. The summed E-state index contributed by atoms with van der Waals surface area (Å²) in [5, 5.41) is 11.2. The molecule has 0 aliphatic rings. The Balaban J connectivity index is 0.000000483. The van der Waals surface area contributed by atoms with Crippen molar-refractivity contribution in [3.63, 3.8) is 0 Å². The fraction of sp³-hybridized carbons (Fsp3) is 0.281. The molecule has 0 bridgehead atoms. The monoisotopic (exact) mass is 638 g/mol. The molecule has 2 aromatic carbocycles. The van der Waals surface area contributed by atoms with Gasteiger partial charge in [-0.1, -0.05) is 14.9 Å². The van der Waals surface area contributed by atoms with Gasteiger partial charge >= 0.3 is 5.97 Å².